The SMILES string of the molecule is Cc1cccc(CNCC(O)c2ccsc2)c1. The van der Waals surface area contributed by atoms with Crippen LogP contribution in [0.3, 0.4) is 0 Å². The van der Waals surface area contributed by atoms with Crippen molar-refractivity contribution < 1.29 is 5.11 Å². The van der Waals surface area contributed by atoms with Crippen LogP contribution in [0, 0.1) is 6.92 Å². The first-order valence-electron chi connectivity index (χ1n) is 5.72. The fourth-order valence-electron chi connectivity index (χ4n) is 1.76. The number of aryl methyl sites for hydroxylation is 1. The molecular weight excluding hydrogens is 230 g/mol. The van der Waals surface area contributed by atoms with Crippen molar-refractivity contribution >= 4 is 11.3 Å². The van der Waals surface area contributed by atoms with E-state index in [1.165, 1.54) is 11.1 Å². The van der Waals surface area contributed by atoms with Gasteiger partial charge in [0.1, 0.15) is 0 Å². The normalized spacial score (nSPS) is 12.6. The van der Waals surface area contributed by atoms with Crippen LogP contribution >= 0.6 is 11.3 Å². The molecule has 2 nitrogen and oxygen atoms in total. The Kier molecular flexibility index (Phi) is 4.31. The minimum Gasteiger partial charge on any atom is -0.387 e. The molecule has 90 valence electrons. The van der Waals surface area contributed by atoms with Crippen molar-refractivity contribution in [1.29, 1.82) is 0 Å². The molecule has 1 atom stereocenters. The second-order valence-electron chi connectivity index (χ2n) is 4.19. The van der Waals surface area contributed by atoms with Gasteiger partial charge in [0.15, 0.2) is 0 Å². The van der Waals surface area contributed by atoms with E-state index in [9.17, 15) is 5.11 Å². The number of rotatable bonds is 5. The maximum absolute atomic E-state index is 9.89. The summed E-state index contributed by atoms with van der Waals surface area (Å²) in [7, 11) is 0. The Morgan fingerprint density at radius 3 is 2.94 bits per heavy atom. The van der Waals surface area contributed by atoms with Gasteiger partial charge in [0.25, 0.3) is 0 Å². The summed E-state index contributed by atoms with van der Waals surface area (Å²) in [5, 5.41) is 17.1. The van der Waals surface area contributed by atoms with Gasteiger partial charge in [-0.3, -0.25) is 0 Å². The third-order valence-electron chi connectivity index (χ3n) is 2.68. The fraction of sp³-hybridized carbons (Fsp3) is 0.286. The Hall–Kier alpha value is -1.16. The van der Waals surface area contributed by atoms with Crippen molar-refractivity contribution in [2.75, 3.05) is 6.54 Å². The van der Waals surface area contributed by atoms with Crippen molar-refractivity contribution in [3.05, 3.63) is 57.8 Å². The van der Waals surface area contributed by atoms with Crippen LogP contribution in [0.4, 0.5) is 0 Å². The molecule has 0 bridgehead atoms. The Balaban J connectivity index is 1.80. The zero-order valence-electron chi connectivity index (χ0n) is 9.89. The van der Waals surface area contributed by atoms with Gasteiger partial charge in [-0.25, -0.2) is 0 Å². The molecule has 0 fully saturated rings. The molecule has 2 N–H and O–H groups in total. The van der Waals surface area contributed by atoms with Gasteiger partial charge in [-0.05, 0) is 34.9 Å². The minimum absolute atomic E-state index is 0.411. The van der Waals surface area contributed by atoms with Crippen molar-refractivity contribution in [1.82, 2.24) is 5.32 Å². The van der Waals surface area contributed by atoms with Crippen LogP contribution in [0.2, 0.25) is 0 Å². The average Bonchev–Trinajstić information content (AvgIpc) is 2.82. The third kappa shape index (κ3) is 3.66. The molecule has 1 unspecified atom stereocenters. The number of aliphatic hydroxyl groups excluding tert-OH is 1. The van der Waals surface area contributed by atoms with E-state index in [1.807, 2.05) is 16.8 Å². The Morgan fingerprint density at radius 2 is 2.24 bits per heavy atom. The fourth-order valence-corrected chi connectivity index (χ4v) is 2.46. The predicted molar refractivity (Wildman–Crippen MR) is 72.2 cm³/mol. The minimum atomic E-state index is -0.411. The summed E-state index contributed by atoms with van der Waals surface area (Å²) in [5.41, 5.74) is 3.51. The van der Waals surface area contributed by atoms with Crippen LogP contribution < -0.4 is 5.32 Å². The molecule has 0 radical (unpaired) electrons. The summed E-state index contributed by atoms with van der Waals surface area (Å²) in [4.78, 5) is 0. The number of thiophene rings is 1. The lowest BCUT2D eigenvalue weighted by atomic mass is 10.1. The largest absolute Gasteiger partial charge is 0.387 e. The van der Waals surface area contributed by atoms with Crippen LogP contribution in [0.1, 0.15) is 22.8 Å². The van der Waals surface area contributed by atoms with Crippen LogP contribution in [0.5, 0.6) is 0 Å². The average molecular weight is 247 g/mol. The van der Waals surface area contributed by atoms with Crippen molar-refractivity contribution in [3.63, 3.8) is 0 Å². The molecule has 0 amide bonds. The van der Waals surface area contributed by atoms with E-state index < -0.39 is 6.10 Å². The van der Waals surface area contributed by atoms with Gasteiger partial charge in [0.05, 0.1) is 6.10 Å². The summed E-state index contributed by atoms with van der Waals surface area (Å²) in [5.74, 6) is 0. The van der Waals surface area contributed by atoms with Crippen LogP contribution in [-0.4, -0.2) is 11.7 Å². The van der Waals surface area contributed by atoms with E-state index >= 15 is 0 Å². The smallest absolute Gasteiger partial charge is 0.0922 e. The quantitative estimate of drug-likeness (QED) is 0.851. The van der Waals surface area contributed by atoms with E-state index in [0.29, 0.717) is 6.54 Å². The van der Waals surface area contributed by atoms with E-state index in [0.717, 1.165) is 12.1 Å². The molecule has 2 rings (SSSR count). The molecule has 0 aliphatic heterocycles. The highest BCUT2D eigenvalue weighted by molar-refractivity contribution is 7.07. The molecule has 0 saturated heterocycles. The van der Waals surface area contributed by atoms with Gasteiger partial charge < -0.3 is 10.4 Å². The summed E-state index contributed by atoms with van der Waals surface area (Å²) >= 11 is 1.61. The number of nitrogens with one attached hydrogen (secondary N) is 1. The molecular formula is C14H17NOS. The van der Waals surface area contributed by atoms with E-state index in [-0.39, 0.29) is 0 Å². The molecule has 0 aliphatic rings. The standard InChI is InChI=1S/C14H17NOS/c1-11-3-2-4-12(7-11)8-15-9-14(16)13-5-6-17-10-13/h2-7,10,14-16H,8-9H2,1H3. The van der Waals surface area contributed by atoms with Crippen molar-refractivity contribution in [3.8, 4) is 0 Å². The number of hydrogen-bond donors (Lipinski definition) is 2. The summed E-state index contributed by atoms with van der Waals surface area (Å²) < 4.78 is 0. The predicted octanol–water partition coefficient (Wildman–Crippen LogP) is 2.88. The number of benzene rings is 1. The van der Waals surface area contributed by atoms with Gasteiger partial charge in [0, 0.05) is 13.1 Å². The monoisotopic (exact) mass is 247 g/mol. The van der Waals surface area contributed by atoms with Gasteiger partial charge in [-0.2, -0.15) is 11.3 Å². The van der Waals surface area contributed by atoms with E-state index in [2.05, 4.69) is 36.5 Å². The first-order chi connectivity index (χ1) is 8.25. The first-order valence-corrected chi connectivity index (χ1v) is 6.66. The summed E-state index contributed by atoms with van der Waals surface area (Å²) in [6.07, 6.45) is -0.411. The Labute approximate surface area is 106 Å². The lowest BCUT2D eigenvalue weighted by Crippen LogP contribution is -2.20. The molecule has 1 aromatic heterocycles. The highest BCUT2D eigenvalue weighted by Gasteiger charge is 2.06. The zero-order chi connectivity index (χ0) is 12.1. The second-order valence-corrected chi connectivity index (χ2v) is 4.97. The van der Waals surface area contributed by atoms with Crippen molar-refractivity contribution in [2.24, 2.45) is 0 Å². The van der Waals surface area contributed by atoms with Crippen LogP contribution in [0.25, 0.3) is 0 Å². The van der Waals surface area contributed by atoms with Crippen LogP contribution in [-0.2, 0) is 6.54 Å². The molecule has 0 saturated carbocycles. The Morgan fingerprint density at radius 1 is 1.35 bits per heavy atom. The van der Waals surface area contributed by atoms with Crippen molar-refractivity contribution in [2.45, 2.75) is 19.6 Å². The van der Waals surface area contributed by atoms with Crippen LogP contribution in [0.15, 0.2) is 41.1 Å². The summed E-state index contributed by atoms with van der Waals surface area (Å²) in [6, 6.07) is 10.4. The zero-order valence-corrected chi connectivity index (χ0v) is 10.7. The van der Waals surface area contributed by atoms with Gasteiger partial charge >= 0.3 is 0 Å². The molecule has 1 heterocycles. The molecule has 0 spiro atoms. The number of aliphatic hydroxyl groups is 1. The molecule has 1 aromatic carbocycles. The van der Waals surface area contributed by atoms with E-state index in [4.69, 9.17) is 0 Å². The van der Waals surface area contributed by atoms with Gasteiger partial charge in [0.2, 0.25) is 0 Å². The second kappa shape index (κ2) is 5.96. The first kappa shape index (κ1) is 12.3. The van der Waals surface area contributed by atoms with Gasteiger partial charge in [-0.15, -0.1) is 0 Å². The lowest BCUT2D eigenvalue weighted by molar-refractivity contribution is 0.175. The maximum atomic E-state index is 9.89. The lowest BCUT2D eigenvalue weighted by Gasteiger charge is -2.10. The highest BCUT2D eigenvalue weighted by Crippen LogP contribution is 2.15. The highest BCUT2D eigenvalue weighted by atomic mass is 32.1. The topological polar surface area (TPSA) is 32.3 Å². The number of hydrogen-bond acceptors (Lipinski definition) is 3. The van der Waals surface area contributed by atoms with Gasteiger partial charge in [-0.1, -0.05) is 29.8 Å². The maximum Gasteiger partial charge on any atom is 0.0922 e. The molecule has 0 aliphatic carbocycles. The molecule has 17 heavy (non-hydrogen) atoms. The Bertz CT molecular complexity index is 453. The summed E-state index contributed by atoms with van der Waals surface area (Å²) in [6.45, 7) is 3.47. The van der Waals surface area contributed by atoms with E-state index in [1.54, 1.807) is 11.3 Å². The molecule has 2 aromatic rings. The molecule has 3 heteroatoms. The third-order valence-corrected chi connectivity index (χ3v) is 3.38.